The third-order valence-electron chi connectivity index (χ3n) is 2.80. The lowest BCUT2D eigenvalue weighted by Crippen LogP contribution is -2.42. The minimum Gasteiger partial charge on any atom is -0.433 e. The number of carbonyl (C=O) groups excluding carboxylic acids is 1. The van der Waals surface area contributed by atoms with E-state index in [1.807, 2.05) is 6.92 Å². The highest BCUT2D eigenvalue weighted by atomic mass is 19.3. The van der Waals surface area contributed by atoms with E-state index in [2.05, 4.69) is 10.1 Å². The van der Waals surface area contributed by atoms with E-state index < -0.39 is 12.2 Å². The highest BCUT2D eigenvalue weighted by Crippen LogP contribution is 2.25. The van der Waals surface area contributed by atoms with Crippen molar-refractivity contribution in [3.63, 3.8) is 0 Å². The molecule has 0 bridgehead atoms. The molecule has 1 aromatic rings. The van der Waals surface area contributed by atoms with Gasteiger partial charge in [-0.3, -0.25) is 9.69 Å². The molecular weight excluding hydrogens is 294 g/mol. The van der Waals surface area contributed by atoms with Crippen LogP contribution in [0.25, 0.3) is 0 Å². The fourth-order valence-electron chi connectivity index (χ4n) is 1.99. The summed E-state index contributed by atoms with van der Waals surface area (Å²) in [6.45, 7) is 3.16. The Morgan fingerprint density at radius 1 is 1.41 bits per heavy atom. The molecule has 0 unspecified atom stereocenters. The lowest BCUT2D eigenvalue weighted by Gasteiger charge is -2.27. The fourth-order valence-corrected chi connectivity index (χ4v) is 1.99. The Morgan fingerprint density at radius 2 is 2.05 bits per heavy atom. The van der Waals surface area contributed by atoms with Crippen LogP contribution in [-0.2, 0) is 4.79 Å². The summed E-state index contributed by atoms with van der Waals surface area (Å²) in [5, 5.41) is 12.3. The Morgan fingerprint density at radius 3 is 2.59 bits per heavy atom. The first-order valence-electron chi connectivity index (χ1n) is 6.99. The number of amides is 1. The standard InChI is InChI=1S/C15H22F2N2O3/c1-4-19(10-15(2,3)21)9-13(20)18-11-7-5-6-8-12(11)22-14(16)17/h5-8,14,21H,4,9-10H2,1-3H3,(H,18,20). The van der Waals surface area contributed by atoms with Gasteiger partial charge in [-0.2, -0.15) is 8.78 Å². The Hall–Kier alpha value is -1.73. The van der Waals surface area contributed by atoms with E-state index in [1.54, 1.807) is 30.9 Å². The smallest absolute Gasteiger partial charge is 0.387 e. The maximum absolute atomic E-state index is 12.3. The molecule has 7 heteroatoms. The lowest BCUT2D eigenvalue weighted by molar-refractivity contribution is -0.118. The molecule has 22 heavy (non-hydrogen) atoms. The number of hydrogen-bond donors (Lipinski definition) is 2. The number of carbonyl (C=O) groups is 1. The first kappa shape index (κ1) is 18.3. The molecule has 1 rings (SSSR count). The molecule has 2 N–H and O–H groups in total. The van der Waals surface area contributed by atoms with Crippen LogP contribution < -0.4 is 10.1 Å². The molecule has 0 aliphatic heterocycles. The molecule has 124 valence electrons. The number of halogens is 2. The largest absolute Gasteiger partial charge is 0.433 e. The van der Waals surface area contributed by atoms with E-state index in [0.29, 0.717) is 13.1 Å². The van der Waals surface area contributed by atoms with Crippen molar-refractivity contribution in [3.8, 4) is 5.75 Å². The fraction of sp³-hybridized carbons (Fsp3) is 0.533. The SMILES string of the molecule is CCN(CC(=O)Nc1ccccc1OC(F)F)CC(C)(C)O. The van der Waals surface area contributed by atoms with Crippen molar-refractivity contribution in [1.82, 2.24) is 4.90 Å². The summed E-state index contributed by atoms with van der Waals surface area (Å²) in [5.41, 5.74) is -0.736. The van der Waals surface area contributed by atoms with Crippen LogP contribution in [0, 0.1) is 0 Å². The van der Waals surface area contributed by atoms with E-state index in [9.17, 15) is 18.7 Å². The molecule has 0 aliphatic carbocycles. The van der Waals surface area contributed by atoms with Crippen molar-refractivity contribution in [2.45, 2.75) is 33.0 Å². The number of hydrogen-bond acceptors (Lipinski definition) is 4. The Labute approximate surface area is 128 Å². The van der Waals surface area contributed by atoms with Crippen molar-refractivity contribution in [1.29, 1.82) is 0 Å². The van der Waals surface area contributed by atoms with Crippen molar-refractivity contribution < 1.29 is 23.4 Å². The van der Waals surface area contributed by atoms with E-state index in [0.717, 1.165) is 0 Å². The minimum absolute atomic E-state index is 0.0451. The Kier molecular flexibility index (Phi) is 6.70. The number of benzene rings is 1. The van der Waals surface area contributed by atoms with Crippen LogP contribution in [0.2, 0.25) is 0 Å². The summed E-state index contributed by atoms with van der Waals surface area (Å²) in [7, 11) is 0. The summed E-state index contributed by atoms with van der Waals surface area (Å²) < 4.78 is 29.0. The molecule has 0 aromatic heterocycles. The van der Waals surface area contributed by atoms with E-state index in [1.165, 1.54) is 12.1 Å². The molecule has 0 fully saturated rings. The van der Waals surface area contributed by atoms with Gasteiger partial charge in [-0.25, -0.2) is 0 Å². The van der Waals surface area contributed by atoms with Crippen LogP contribution in [0.3, 0.4) is 0 Å². The third kappa shape index (κ3) is 6.82. The quantitative estimate of drug-likeness (QED) is 0.773. The predicted molar refractivity (Wildman–Crippen MR) is 80.1 cm³/mol. The number of alkyl halides is 2. The monoisotopic (exact) mass is 316 g/mol. The molecule has 1 aromatic carbocycles. The van der Waals surface area contributed by atoms with Gasteiger partial charge in [0, 0.05) is 6.54 Å². The van der Waals surface area contributed by atoms with E-state index >= 15 is 0 Å². The molecule has 0 radical (unpaired) electrons. The van der Waals surface area contributed by atoms with Crippen LogP contribution in [0.4, 0.5) is 14.5 Å². The van der Waals surface area contributed by atoms with Crippen LogP contribution >= 0.6 is 0 Å². The zero-order valence-corrected chi connectivity index (χ0v) is 13.0. The second kappa shape index (κ2) is 8.05. The van der Waals surface area contributed by atoms with E-state index in [-0.39, 0.29) is 23.9 Å². The zero-order valence-electron chi connectivity index (χ0n) is 13.0. The molecule has 0 saturated carbocycles. The number of nitrogens with one attached hydrogen (secondary N) is 1. The number of likely N-dealkylation sites (N-methyl/N-ethyl adjacent to an activating group) is 1. The van der Waals surface area contributed by atoms with Gasteiger partial charge >= 0.3 is 6.61 Å². The molecule has 0 saturated heterocycles. The Balaban J connectivity index is 2.68. The topological polar surface area (TPSA) is 61.8 Å². The number of para-hydroxylation sites is 2. The van der Waals surface area contributed by atoms with Crippen LogP contribution in [-0.4, -0.2) is 47.8 Å². The number of rotatable bonds is 8. The number of anilines is 1. The molecule has 0 atom stereocenters. The molecule has 0 spiro atoms. The Bertz CT molecular complexity index is 490. The van der Waals surface area contributed by atoms with Crippen LogP contribution in [0.15, 0.2) is 24.3 Å². The van der Waals surface area contributed by atoms with Gasteiger partial charge < -0.3 is 15.2 Å². The first-order valence-corrected chi connectivity index (χ1v) is 6.99. The van der Waals surface area contributed by atoms with Gasteiger partial charge in [0.25, 0.3) is 0 Å². The average molecular weight is 316 g/mol. The van der Waals surface area contributed by atoms with Crippen molar-refractivity contribution in [3.05, 3.63) is 24.3 Å². The summed E-state index contributed by atoms with van der Waals surface area (Å²) in [5.74, 6) is -0.451. The third-order valence-corrected chi connectivity index (χ3v) is 2.80. The van der Waals surface area contributed by atoms with Crippen molar-refractivity contribution in [2.24, 2.45) is 0 Å². The maximum atomic E-state index is 12.3. The van der Waals surface area contributed by atoms with Gasteiger partial charge in [0.2, 0.25) is 5.91 Å². The average Bonchev–Trinajstić information content (AvgIpc) is 2.38. The molecule has 0 heterocycles. The number of ether oxygens (including phenoxy) is 1. The first-order chi connectivity index (χ1) is 10.2. The summed E-state index contributed by atoms with van der Waals surface area (Å²) >= 11 is 0. The summed E-state index contributed by atoms with van der Waals surface area (Å²) in [4.78, 5) is 13.8. The van der Waals surface area contributed by atoms with Gasteiger partial charge in [0.05, 0.1) is 17.8 Å². The molecule has 0 aliphatic rings. The van der Waals surface area contributed by atoms with Gasteiger partial charge in [-0.05, 0) is 32.5 Å². The second-order valence-corrected chi connectivity index (χ2v) is 5.54. The normalized spacial score (nSPS) is 11.8. The predicted octanol–water partition coefficient (Wildman–Crippen LogP) is 2.32. The van der Waals surface area contributed by atoms with Crippen LogP contribution in [0.5, 0.6) is 5.75 Å². The summed E-state index contributed by atoms with van der Waals surface area (Å²) in [6, 6.07) is 6.00. The van der Waals surface area contributed by atoms with Gasteiger partial charge in [0.15, 0.2) is 0 Å². The lowest BCUT2D eigenvalue weighted by atomic mass is 10.1. The van der Waals surface area contributed by atoms with Gasteiger partial charge in [-0.1, -0.05) is 19.1 Å². The summed E-state index contributed by atoms with van der Waals surface area (Å²) in [6.07, 6.45) is 0. The molecular formula is C15H22F2N2O3. The van der Waals surface area contributed by atoms with Crippen molar-refractivity contribution >= 4 is 11.6 Å². The van der Waals surface area contributed by atoms with Gasteiger partial charge in [-0.15, -0.1) is 0 Å². The number of nitrogens with zero attached hydrogens (tertiary/aromatic N) is 1. The highest BCUT2D eigenvalue weighted by molar-refractivity contribution is 5.93. The maximum Gasteiger partial charge on any atom is 0.387 e. The second-order valence-electron chi connectivity index (χ2n) is 5.54. The molecule has 5 nitrogen and oxygen atoms in total. The molecule has 1 amide bonds. The van der Waals surface area contributed by atoms with Gasteiger partial charge in [0.1, 0.15) is 5.75 Å². The number of aliphatic hydroxyl groups is 1. The minimum atomic E-state index is -2.96. The highest BCUT2D eigenvalue weighted by Gasteiger charge is 2.20. The van der Waals surface area contributed by atoms with Crippen LogP contribution in [0.1, 0.15) is 20.8 Å². The van der Waals surface area contributed by atoms with Crippen molar-refractivity contribution in [2.75, 3.05) is 25.0 Å². The zero-order chi connectivity index (χ0) is 16.8. The van der Waals surface area contributed by atoms with E-state index in [4.69, 9.17) is 0 Å².